The van der Waals surface area contributed by atoms with E-state index in [-0.39, 0.29) is 36.2 Å². The van der Waals surface area contributed by atoms with E-state index in [2.05, 4.69) is 29.9 Å². The Balaban J connectivity index is 0.00000192. The van der Waals surface area contributed by atoms with E-state index in [0.29, 0.717) is 22.8 Å². The van der Waals surface area contributed by atoms with Crippen LogP contribution in [0, 0.1) is 0 Å². The second kappa shape index (κ2) is 6.23. The molecule has 0 atom stereocenters. The summed E-state index contributed by atoms with van der Waals surface area (Å²) in [5.41, 5.74) is 23.7. The Kier molecular flexibility index (Phi) is 4.37. The van der Waals surface area contributed by atoms with Crippen LogP contribution in [-0.2, 0) is 0 Å². The van der Waals surface area contributed by atoms with Gasteiger partial charge < -0.3 is 22.9 Å². The van der Waals surface area contributed by atoms with Gasteiger partial charge in [0, 0.05) is 11.1 Å². The number of halogens is 1. The SMILES string of the molecule is Cl.Nc1nc(N)nc(-c2cccc(-c3nc(N)nc(N)n3)c2)n1. The van der Waals surface area contributed by atoms with E-state index >= 15 is 0 Å². The van der Waals surface area contributed by atoms with E-state index in [4.69, 9.17) is 22.9 Å². The second-order valence-corrected chi connectivity index (χ2v) is 4.33. The summed E-state index contributed by atoms with van der Waals surface area (Å²) in [7, 11) is 0. The van der Waals surface area contributed by atoms with E-state index in [9.17, 15) is 0 Å². The second-order valence-electron chi connectivity index (χ2n) is 4.33. The Morgan fingerprint density at radius 3 is 1.26 bits per heavy atom. The van der Waals surface area contributed by atoms with Gasteiger partial charge in [0.15, 0.2) is 11.6 Å². The number of rotatable bonds is 2. The number of nitrogen functional groups attached to an aromatic ring is 4. The number of aromatic nitrogens is 6. The van der Waals surface area contributed by atoms with E-state index in [1.54, 1.807) is 24.3 Å². The highest BCUT2D eigenvalue weighted by Gasteiger charge is 2.09. The monoisotopic (exact) mass is 332 g/mol. The van der Waals surface area contributed by atoms with E-state index in [0.717, 1.165) is 0 Å². The lowest BCUT2D eigenvalue weighted by Crippen LogP contribution is -2.05. The van der Waals surface area contributed by atoms with Gasteiger partial charge in [0.2, 0.25) is 23.8 Å². The minimum absolute atomic E-state index is 0. The fourth-order valence-corrected chi connectivity index (χ4v) is 1.87. The molecule has 0 amide bonds. The third kappa shape index (κ3) is 3.49. The Morgan fingerprint density at radius 1 is 0.565 bits per heavy atom. The highest BCUT2D eigenvalue weighted by molar-refractivity contribution is 5.85. The lowest BCUT2D eigenvalue weighted by atomic mass is 10.1. The molecule has 2 heterocycles. The van der Waals surface area contributed by atoms with Crippen LogP contribution in [0.1, 0.15) is 0 Å². The summed E-state index contributed by atoms with van der Waals surface area (Å²) in [4.78, 5) is 23.7. The zero-order chi connectivity index (χ0) is 15.7. The zero-order valence-corrected chi connectivity index (χ0v) is 12.5. The van der Waals surface area contributed by atoms with Gasteiger partial charge in [-0.05, 0) is 6.07 Å². The van der Waals surface area contributed by atoms with Crippen LogP contribution in [0.3, 0.4) is 0 Å². The predicted octanol–water partition coefficient (Wildman–Crippen LogP) is 0.141. The molecule has 11 heteroatoms. The maximum atomic E-state index is 5.58. The normalized spacial score (nSPS) is 10.1. The fraction of sp³-hybridized carbons (Fsp3) is 0. The van der Waals surface area contributed by atoms with Crippen molar-refractivity contribution >= 4 is 36.2 Å². The van der Waals surface area contributed by atoms with Crippen molar-refractivity contribution in [1.29, 1.82) is 0 Å². The summed E-state index contributed by atoms with van der Waals surface area (Å²) in [5, 5.41) is 0. The molecule has 0 spiro atoms. The van der Waals surface area contributed by atoms with Crippen molar-refractivity contribution in [3.8, 4) is 22.8 Å². The minimum atomic E-state index is 0. The van der Waals surface area contributed by atoms with Gasteiger partial charge in [-0.2, -0.15) is 29.9 Å². The fourth-order valence-electron chi connectivity index (χ4n) is 1.87. The number of benzene rings is 1. The Hall–Kier alpha value is -3.27. The van der Waals surface area contributed by atoms with Gasteiger partial charge in [0.25, 0.3) is 0 Å². The number of hydrogen-bond donors (Lipinski definition) is 4. The molecule has 1 aromatic carbocycles. The smallest absolute Gasteiger partial charge is 0.225 e. The van der Waals surface area contributed by atoms with Crippen molar-refractivity contribution in [1.82, 2.24) is 29.9 Å². The molecular weight excluding hydrogens is 320 g/mol. The van der Waals surface area contributed by atoms with E-state index < -0.39 is 0 Å². The maximum absolute atomic E-state index is 5.58. The van der Waals surface area contributed by atoms with Crippen LogP contribution in [-0.4, -0.2) is 29.9 Å². The first kappa shape index (κ1) is 16.1. The Labute approximate surface area is 136 Å². The molecule has 0 saturated carbocycles. The quantitative estimate of drug-likeness (QED) is 0.503. The molecule has 3 aromatic rings. The first-order chi connectivity index (χ1) is 10.5. The highest BCUT2D eigenvalue weighted by Crippen LogP contribution is 2.23. The molecule has 0 unspecified atom stereocenters. The van der Waals surface area contributed by atoms with Crippen LogP contribution in [0.4, 0.5) is 23.8 Å². The zero-order valence-electron chi connectivity index (χ0n) is 11.7. The first-order valence-corrected chi connectivity index (χ1v) is 6.16. The number of nitrogens with two attached hydrogens (primary N) is 4. The summed E-state index contributed by atoms with van der Waals surface area (Å²) < 4.78 is 0. The van der Waals surface area contributed by atoms with Gasteiger partial charge >= 0.3 is 0 Å². The minimum Gasteiger partial charge on any atom is -0.368 e. The Morgan fingerprint density at radius 2 is 0.913 bits per heavy atom. The van der Waals surface area contributed by atoms with Crippen LogP contribution >= 0.6 is 12.4 Å². The maximum Gasteiger partial charge on any atom is 0.225 e. The average molecular weight is 333 g/mol. The van der Waals surface area contributed by atoms with Crippen LogP contribution in [0.5, 0.6) is 0 Å². The van der Waals surface area contributed by atoms with Gasteiger partial charge in [0.1, 0.15) is 0 Å². The van der Waals surface area contributed by atoms with Crippen molar-refractivity contribution < 1.29 is 0 Å². The van der Waals surface area contributed by atoms with Crippen molar-refractivity contribution in [3.63, 3.8) is 0 Å². The van der Waals surface area contributed by atoms with Crippen molar-refractivity contribution in [2.24, 2.45) is 0 Å². The molecule has 0 fully saturated rings. The molecule has 3 rings (SSSR count). The molecule has 2 aromatic heterocycles. The summed E-state index contributed by atoms with van der Waals surface area (Å²) in [6.45, 7) is 0. The molecule has 10 nitrogen and oxygen atoms in total. The number of anilines is 4. The van der Waals surface area contributed by atoms with Crippen LogP contribution in [0.25, 0.3) is 22.8 Å². The lowest BCUT2D eigenvalue weighted by molar-refractivity contribution is 1.08. The summed E-state index contributed by atoms with van der Waals surface area (Å²) in [6.07, 6.45) is 0. The van der Waals surface area contributed by atoms with Crippen LogP contribution in [0.15, 0.2) is 24.3 Å². The van der Waals surface area contributed by atoms with Gasteiger partial charge in [-0.25, -0.2) is 0 Å². The van der Waals surface area contributed by atoms with Crippen LogP contribution < -0.4 is 22.9 Å². The molecular formula is C12H13ClN10. The molecule has 0 aliphatic heterocycles. The van der Waals surface area contributed by atoms with Crippen LogP contribution in [0.2, 0.25) is 0 Å². The molecule has 0 aliphatic rings. The topological polar surface area (TPSA) is 181 Å². The molecule has 8 N–H and O–H groups in total. The molecule has 0 saturated heterocycles. The Bertz CT molecular complexity index is 746. The van der Waals surface area contributed by atoms with Gasteiger partial charge in [0.05, 0.1) is 0 Å². The van der Waals surface area contributed by atoms with Gasteiger partial charge in [-0.1, -0.05) is 18.2 Å². The first-order valence-electron chi connectivity index (χ1n) is 6.16. The van der Waals surface area contributed by atoms with Gasteiger partial charge in [-0.15, -0.1) is 12.4 Å². The summed E-state index contributed by atoms with van der Waals surface area (Å²) in [5.74, 6) is 0.870. The summed E-state index contributed by atoms with van der Waals surface area (Å²) in [6, 6.07) is 7.15. The number of nitrogens with zero attached hydrogens (tertiary/aromatic N) is 6. The average Bonchev–Trinajstić information content (AvgIpc) is 2.45. The molecule has 23 heavy (non-hydrogen) atoms. The lowest BCUT2D eigenvalue weighted by Gasteiger charge is -2.05. The standard InChI is InChI=1S/C12H12N10.ClH/c13-9-17-7(18-10(14)21-9)5-2-1-3-6(4-5)8-19-11(15)22-12(16)20-8;/h1-4H,(H4,13,14,17,18,21)(H4,15,16,19,20,22);1H. The molecule has 118 valence electrons. The largest absolute Gasteiger partial charge is 0.368 e. The van der Waals surface area contributed by atoms with Gasteiger partial charge in [-0.3, -0.25) is 0 Å². The van der Waals surface area contributed by atoms with Crippen molar-refractivity contribution in [2.75, 3.05) is 22.9 Å². The van der Waals surface area contributed by atoms with Crippen molar-refractivity contribution in [2.45, 2.75) is 0 Å². The third-order valence-electron chi connectivity index (χ3n) is 2.72. The molecule has 0 aliphatic carbocycles. The third-order valence-corrected chi connectivity index (χ3v) is 2.72. The van der Waals surface area contributed by atoms with E-state index in [1.165, 1.54) is 0 Å². The molecule has 0 bridgehead atoms. The molecule has 0 radical (unpaired) electrons. The van der Waals surface area contributed by atoms with E-state index in [1.807, 2.05) is 0 Å². The number of hydrogen-bond acceptors (Lipinski definition) is 10. The van der Waals surface area contributed by atoms with Crippen molar-refractivity contribution in [3.05, 3.63) is 24.3 Å². The highest BCUT2D eigenvalue weighted by atomic mass is 35.5. The summed E-state index contributed by atoms with van der Waals surface area (Å²) >= 11 is 0. The predicted molar refractivity (Wildman–Crippen MR) is 89.0 cm³/mol.